The number of halogens is 1. The van der Waals surface area contributed by atoms with E-state index in [0.717, 1.165) is 11.3 Å². The highest BCUT2D eigenvalue weighted by atomic mass is 35.5. The van der Waals surface area contributed by atoms with Gasteiger partial charge in [0, 0.05) is 11.9 Å². The molecule has 14 heavy (non-hydrogen) atoms. The molecule has 0 radical (unpaired) electrons. The quantitative estimate of drug-likeness (QED) is 0.713. The van der Waals surface area contributed by atoms with Crippen LogP contribution in [0.1, 0.15) is 11.5 Å². The van der Waals surface area contributed by atoms with Crippen molar-refractivity contribution in [3.05, 3.63) is 36.0 Å². The number of pyridine rings is 1. The molecule has 0 aliphatic rings. The van der Waals surface area contributed by atoms with E-state index in [9.17, 15) is 0 Å². The smallest absolute Gasteiger partial charge is 0.227 e. The molecule has 0 spiro atoms. The molecule has 0 fully saturated rings. The Kier molecular flexibility index (Phi) is 2.50. The van der Waals surface area contributed by atoms with Crippen molar-refractivity contribution in [3.8, 4) is 11.5 Å². The summed E-state index contributed by atoms with van der Waals surface area (Å²) in [5.41, 5.74) is 1.84. The molecule has 0 aromatic carbocycles. The van der Waals surface area contributed by atoms with Gasteiger partial charge >= 0.3 is 0 Å². The fourth-order valence-corrected chi connectivity index (χ4v) is 1.22. The third-order valence-electron chi connectivity index (χ3n) is 1.84. The molecule has 0 aliphatic heterocycles. The second-order valence-electron chi connectivity index (χ2n) is 2.95. The number of oxazole rings is 1. The van der Waals surface area contributed by atoms with Crippen molar-refractivity contribution in [2.75, 3.05) is 0 Å². The lowest BCUT2D eigenvalue weighted by Crippen LogP contribution is -1.82. The van der Waals surface area contributed by atoms with Crippen molar-refractivity contribution < 1.29 is 4.42 Å². The zero-order valence-corrected chi connectivity index (χ0v) is 8.45. The molecule has 0 saturated carbocycles. The molecule has 72 valence electrons. The van der Waals surface area contributed by atoms with Crippen LogP contribution < -0.4 is 0 Å². The summed E-state index contributed by atoms with van der Waals surface area (Å²) >= 11 is 5.60. The minimum Gasteiger partial charge on any atom is -0.440 e. The van der Waals surface area contributed by atoms with Crippen molar-refractivity contribution in [2.45, 2.75) is 12.8 Å². The summed E-state index contributed by atoms with van der Waals surface area (Å²) in [5, 5.41) is 0. The molecule has 0 bridgehead atoms. The second-order valence-corrected chi connectivity index (χ2v) is 3.22. The highest BCUT2D eigenvalue weighted by Gasteiger charge is 2.05. The van der Waals surface area contributed by atoms with Gasteiger partial charge in [0.2, 0.25) is 5.89 Å². The van der Waals surface area contributed by atoms with E-state index in [0.29, 0.717) is 17.5 Å². The third-order valence-corrected chi connectivity index (χ3v) is 2.11. The number of aryl methyl sites for hydroxylation is 1. The number of hydrogen-bond acceptors (Lipinski definition) is 3. The van der Waals surface area contributed by atoms with Gasteiger partial charge in [-0.2, -0.15) is 0 Å². The van der Waals surface area contributed by atoms with Gasteiger partial charge < -0.3 is 4.42 Å². The first-order chi connectivity index (χ1) is 6.79. The van der Waals surface area contributed by atoms with Crippen molar-refractivity contribution in [1.82, 2.24) is 9.97 Å². The molecule has 0 unspecified atom stereocenters. The average Bonchev–Trinajstić information content (AvgIpc) is 2.67. The molecule has 0 saturated heterocycles. The van der Waals surface area contributed by atoms with Crippen molar-refractivity contribution in [1.29, 1.82) is 0 Å². The first kappa shape index (κ1) is 9.21. The predicted molar refractivity (Wildman–Crippen MR) is 54.0 cm³/mol. The fourth-order valence-electron chi connectivity index (χ4n) is 1.10. The number of alkyl halides is 1. The maximum absolute atomic E-state index is 5.60. The molecule has 0 amide bonds. The predicted octanol–water partition coefficient (Wildman–Crippen LogP) is 2.78. The molecule has 2 aromatic rings. The van der Waals surface area contributed by atoms with Gasteiger partial charge in [-0.25, -0.2) is 4.98 Å². The number of rotatable bonds is 2. The Balaban J connectivity index is 2.34. The summed E-state index contributed by atoms with van der Waals surface area (Å²) in [6.07, 6.45) is 3.36. The van der Waals surface area contributed by atoms with Crippen LogP contribution in [0.15, 0.2) is 28.9 Å². The lowest BCUT2D eigenvalue weighted by molar-refractivity contribution is 0.537. The maximum atomic E-state index is 5.60. The van der Waals surface area contributed by atoms with E-state index in [1.54, 1.807) is 12.4 Å². The van der Waals surface area contributed by atoms with Gasteiger partial charge in [0.1, 0.15) is 5.76 Å². The van der Waals surface area contributed by atoms with Crippen LogP contribution in [0.4, 0.5) is 0 Å². The lowest BCUT2D eigenvalue weighted by atomic mass is 10.2. The van der Waals surface area contributed by atoms with Crippen molar-refractivity contribution >= 4 is 11.6 Å². The molecule has 4 heteroatoms. The summed E-state index contributed by atoms with van der Waals surface area (Å²) in [7, 11) is 0. The monoisotopic (exact) mass is 208 g/mol. The molecule has 2 aromatic heterocycles. The van der Waals surface area contributed by atoms with E-state index in [-0.39, 0.29) is 0 Å². The van der Waals surface area contributed by atoms with Crippen LogP contribution in [0.25, 0.3) is 11.5 Å². The fraction of sp³-hybridized carbons (Fsp3) is 0.200. The first-order valence-electron chi connectivity index (χ1n) is 4.23. The Hall–Kier alpha value is -1.35. The minimum atomic E-state index is 0.340. The van der Waals surface area contributed by atoms with Crippen molar-refractivity contribution in [3.63, 3.8) is 0 Å². The number of nitrogens with zero attached hydrogens (tertiary/aromatic N) is 2. The van der Waals surface area contributed by atoms with Crippen LogP contribution >= 0.6 is 11.6 Å². The van der Waals surface area contributed by atoms with Crippen LogP contribution in [-0.2, 0) is 5.88 Å². The average molecular weight is 209 g/mol. The molecule has 0 atom stereocenters. The van der Waals surface area contributed by atoms with Crippen LogP contribution in [0, 0.1) is 6.92 Å². The van der Waals surface area contributed by atoms with Gasteiger partial charge in [-0.1, -0.05) is 0 Å². The van der Waals surface area contributed by atoms with Gasteiger partial charge in [-0.15, -0.1) is 11.6 Å². The third kappa shape index (κ3) is 1.77. The zero-order valence-electron chi connectivity index (χ0n) is 7.70. The highest BCUT2D eigenvalue weighted by Crippen LogP contribution is 2.18. The normalized spacial score (nSPS) is 10.4. The highest BCUT2D eigenvalue weighted by molar-refractivity contribution is 6.16. The Morgan fingerprint density at radius 2 is 2.14 bits per heavy atom. The summed E-state index contributed by atoms with van der Waals surface area (Å²) in [6, 6.07) is 3.84. The van der Waals surface area contributed by atoms with Gasteiger partial charge in [-0.3, -0.25) is 4.98 Å². The number of hydrogen-bond donors (Lipinski definition) is 0. The molecular formula is C10H9ClN2O. The molecule has 0 N–H and O–H groups in total. The maximum Gasteiger partial charge on any atom is 0.227 e. The Morgan fingerprint density at radius 3 is 2.71 bits per heavy atom. The topological polar surface area (TPSA) is 38.9 Å². The largest absolute Gasteiger partial charge is 0.440 e. The zero-order chi connectivity index (χ0) is 9.97. The van der Waals surface area contributed by atoms with E-state index < -0.39 is 0 Å². The summed E-state index contributed by atoms with van der Waals surface area (Å²) in [6.45, 7) is 1.93. The standard InChI is InChI=1S/C10H9ClN2O/c1-7-2-3-8(5-12-7)10-13-6-9(4-11)14-10/h2-3,5-6H,4H2,1H3. The van der Waals surface area contributed by atoms with Crippen LogP contribution in [0.5, 0.6) is 0 Å². The first-order valence-corrected chi connectivity index (χ1v) is 4.77. The lowest BCUT2D eigenvalue weighted by Gasteiger charge is -1.94. The van der Waals surface area contributed by atoms with Gasteiger partial charge in [0.15, 0.2) is 0 Å². The van der Waals surface area contributed by atoms with Crippen LogP contribution in [0.2, 0.25) is 0 Å². The minimum absolute atomic E-state index is 0.340. The Morgan fingerprint density at radius 1 is 1.29 bits per heavy atom. The Labute approximate surface area is 86.8 Å². The number of aromatic nitrogens is 2. The van der Waals surface area contributed by atoms with Crippen molar-refractivity contribution in [2.24, 2.45) is 0 Å². The van der Waals surface area contributed by atoms with E-state index >= 15 is 0 Å². The second kappa shape index (κ2) is 3.80. The molecule has 0 aliphatic carbocycles. The van der Waals surface area contributed by atoms with E-state index in [4.69, 9.17) is 16.0 Å². The molecule has 3 nitrogen and oxygen atoms in total. The van der Waals surface area contributed by atoms with Gasteiger partial charge in [0.05, 0.1) is 17.6 Å². The SMILES string of the molecule is Cc1ccc(-c2ncc(CCl)o2)cn1. The van der Waals surface area contributed by atoms with E-state index in [1.807, 2.05) is 19.1 Å². The van der Waals surface area contributed by atoms with Crippen LogP contribution in [-0.4, -0.2) is 9.97 Å². The van der Waals surface area contributed by atoms with Gasteiger partial charge in [-0.05, 0) is 19.1 Å². The van der Waals surface area contributed by atoms with Gasteiger partial charge in [0.25, 0.3) is 0 Å². The van der Waals surface area contributed by atoms with Crippen LogP contribution in [0.3, 0.4) is 0 Å². The van der Waals surface area contributed by atoms with E-state index in [1.165, 1.54) is 0 Å². The summed E-state index contributed by atoms with van der Waals surface area (Å²) < 4.78 is 5.38. The Bertz CT molecular complexity index is 422. The van der Waals surface area contributed by atoms with E-state index in [2.05, 4.69) is 9.97 Å². The molecule has 2 heterocycles. The summed E-state index contributed by atoms with van der Waals surface area (Å²) in [5.74, 6) is 1.57. The summed E-state index contributed by atoms with van der Waals surface area (Å²) in [4.78, 5) is 8.25. The molecular weight excluding hydrogens is 200 g/mol. The molecule has 2 rings (SSSR count).